The topological polar surface area (TPSA) is 30.5 Å². The SMILES string of the molecule is CNCc1ccc(-c2c(OC)cccc2OC)cc1. The van der Waals surface area contributed by atoms with Crippen LogP contribution in [-0.4, -0.2) is 21.3 Å². The van der Waals surface area contributed by atoms with Crippen molar-refractivity contribution in [3.8, 4) is 22.6 Å². The van der Waals surface area contributed by atoms with Gasteiger partial charge in [-0.3, -0.25) is 0 Å². The average molecular weight is 257 g/mol. The molecule has 0 fully saturated rings. The molecular weight excluding hydrogens is 238 g/mol. The summed E-state index contributed by atoms with van der Waals surface area (Å²) in [5.41, 5.74) is 3.33. The van der Waals surface area contributed by atoms with Crippen LogP contribution in [0.15, 0.2) is 42.5 Å². The molecule has 0 aliphatic carbocycles. The number of hydrogen-bond acceptors (Lipinski definition) is 3. The molecule has 100 valence electrons. The zero-order chi connectivity index (χ0) is 13.7. The molecule has 0 heterocycles. The van der Waals surface area contributed by atoms with Gasteiger partial charge in [-0.2, -0.15) is 0 Å². The minimum absolute atomic E-state index is 0.820. The Labute approximate surface area is 114 Å². The summed E-state index contributed by atoms with van der Waals surface area (Å²) in [5, 5.41) is 3.14. The molecule has 0 amide bonds. The molecule has 3 heteroatoms. The van der Waals surface area contributed by atoms with Crippen molar-refractivity contribution in [1.29, 1.82) is 0 Å². The van der Waals surface area contributed by atoms with Gasteiger partial charge in [0, 0.05) is 6.54 Å². The molecule has 0 radical (unpaired) electrons. The minimum Gasteiger partial charge on any atom is -0.496 e. The lowest BCUT2D eigenvalue weighted by atomic mass is 10.0. The molecule has 2 aromatic carbocycles. The first-order valence-corrected chi connectivity index (χ1v) is 6.25. The van der Waals surface area contributed by atoms with Crippen LogP contribution in [0.1, 0.15) is 5.56 Å². The molecule has 0 saturated heterocycles. The Morgan fingerprint density at radius 1 is 0.895 bits per heavy atom. The second kappa shape index (κ2) is 6.25. The maximum atomic E-state index is 5.43. The summed E-state index contributed by atoms with van der Waals surface area (Å²) in [5.74, 6) is 1.64. The van der Waals surface area contributed by atoms with Gasteiger partial charge in [0.25, 0.3) is 0 Å². The lowest BCUT2D eigenvalue weighted by Gasteiger charge is -2.13. The summed E-state index contributed by atoms with van der Waals surface area (Å²) in [6.07, 6.45) is 0. The molecular formula is C16H19NO2. The highest BCUT2D eigenvalue weighted by atomic mass is 16.5. The van der Waals surface area contributed by atoms with Crippen LogP contribution in [-0.2, 0) is 6.54 Å². The predicted molar refractivity (Wildman–Crippen MR) is 77.7 cm³/mol. The summed E-state index contributed by atoms with van der Waals surface area (Å²) < 4.78 is 10.9. The Morgan fingerprint density at radius 3 is 1.95 bits per heavy atom. The summed E-state index contributed by atoms with van der Waals surface area (Å²) in [6, 6.07) is 14.2. The van der Waals surface area contributed by atoms with Crippen molar-refractivity contribution in [2.24, 2.45) is 0 Å². The van der Waals surface area contributed by atoms with Crippen LogP contribution in [0.3, 0.4) is 0 Å². The molecule has 2 rings (SSSR count). The van der Waals surface area contributed by atoms with Gasteiger partial charge in [-0.25, -0.2) is 0 Å². The highest BCUT2D eigenvalue weighted by Gasteiger charge is 2.11. The molecule has 0 spiro atoms. The monoisotopic (exact) mass is 257 g/mol. The molecule has 2 aromatic rings. The summed E-state index contributed by atoms with van der Waals surface area (Å²) in [6.45, 7) is 0.864. The van der Waals surface area contributed by atoms with Crippen molar-refractivity contribution >= 4 is 0 Å². The largest absolute Gasteiger partial charge is 0.496 e. The molecule has 0 bridgehead atoms. The van der Waals surface area contributed by atoms with Gasteiger partial charge in [0.15, 0.2) is 0 Å². The molecule has 0 aliphatic heterocycles. The van der Waals surface area contributed by atoms with Gasteiger partial charge in [0.2, 0.25) is 0 Å². The van der Waals surface area contributed by atoms with E-state index in [1.54, 1.807) is 14.2 Å². The summed E-state index contributed by atoms with van der Waals surface area (Å²) in [4.78, 5) is 0. The van der Waals surface area contributed by atoms with Crippen molar-refractivity contribution in [3.63, 3.8) is 0 Å². The van der Waals surface area contributed by atoms with Gasteiger partial charge in [0.1, 0.15) is 11.5 Å². The lowest BCUT2D eigenvalue weighted by molar-refractivity contribution is 0.397. The third-order valence-electron chi connectivity index (χ3n) is 3.05. The second-order valence-corrected chi connectivity index (χ2v) is 4.26. The van der Waals surface area contributed by atoms with Crippen LogP contribution in [0.5, 0.6) is 11.5 Å². The Bertz CT molecular complexity index is 513. The van der Waals surface area contributed by atoms with E-state index in [1.807, 2.05) is 25.2 Å². The molecule has 0 aromatic heterocycles. The average Bonchev–Trinajstić information content (AvgIpc) is 2.47. The maximum absolute atomic E-state index is 5.43. The van der Waals surface area contributed by atoms with Gasteiger partial charge < -0.3 is 14.8 Å². The van der Waals surface area contributed by atoms with Crippen molar-refractivity contribution in [2.45, 2.75) is 6.54 Å². The van der Waals surface area contributed by atoms with E-state index in [1.165, 1.54) is 5.56 Å². The Kier molecular flexibility index (Phi) is 4.42. The van der Waals surface area contributed by atoms with E-state index in [0.29, 0.717) is 0 Å². The van der Waals surface area contributed by atoms with Crippen LogP contribution >= 0.6 is 0 Å². The highest BCUT2D eigenvalue weighted by Crippen LogP contribution is 2.38. The number of hydrogen-bond donors (Lipinski definition) is 1. The third-order valence-corrected chi connectivity index (χ3v) is 3.05. The zero-order valence-electron chi connectivity index (χ0n) is 11.6. The van der Waals surface area contributed by atoms with E-state index >= 15 is 0 Å². The maximum Gasteiger partial charge on any atom is 0.130 e. The first-order chi connectivity index (χ1) is 9.30. The number of ether oxygens (including phenoxy) is 2. The van der Waals surface area contributed by atoms with E-state index in [0.717, 1.165) is 29.2 Å². The number of nitrogens with one attached hydrogen (secondary N) is 1. The number of benzene rings is 2. The highest BCUT2D eigenvalue weighted by molar-refractivity contribution is 5.77. The normalized spacial score (nSPS) is 10.3. The van der Waals surface area contributed by atoms with Crippen LogP contribution in [0.25, 0.3) is 11.1 Å². The Balaban J connectivity index is 2.45. The predicted octanol–water partition coefficient (Wildman–Crippen LogP) is 3.09. The molecule has 1 N–H and O–H groups in total. The minimum atomic E-state index is 0.820. The molecule has 0 saturated carbocycles. The van der Waals surface area contributed by atoms with Crippen LogP contribution in [0, 0.1) is 0 Å². The summed E-state index contributed by atoms with van der Waals surface area (Å²) in [7, 11) is 5.29. The first kappa shape index (κ1) is 13.4. The standard InChI is InChI=1S/C16H19NO2/c1-17-11-12-7-9-13(10-8-12)16-14(18-2)5-4-6-15(16)19-3/h4-10,17H,11H2,1-3H3. The van der Waals surface area contributed by atoms with Crippen LogP contribution in [0.4, 0.5) is 0 Å². The molecule has 0 aliphatic rings. The lowest BCUT2D eigenvalue weighted by Crippen LogP contribution is -2.04. The molecule has 0 atom stereocenters. The summed E-state index contributed by atoms with van der Waals surface area (Å²) >= 11 is 0. The Hall–Kier alpha value is -2.00. The van der Waals surface area contributed by atoms with Gasteiger partial charge in [-0.05, 0) is 30.3 Å². The van der Waals surface area contributed by atoms with Gasteiger partial charge in [-0.15, -0.1) is 0 Å². The number of rotatable bonds is 5. The van der Waals surface area contributed by atoms with Gasteiger partial charge in [-0.1, -0.05) is 30.3 Å². The Morgan fingerprint density at radius 2 is 1.47 bits per heavy atom. The van der Waals surface area contributed by atoms with E-state index in [4.69, 9.17) is 9.47 Å². The van der Waals surface area contributed by atoms with Crippen molar-refractivity contribution < 1.29 is 9.47 Å². The van der Waals surface area contributed by atoms with E-state index in [2.05, 4.69) is 29.6 Å². The zero-order valence-corrected chi connectivity index (χ0v) is 11.6. The van der Waals surface area contributed by atoms with Crippen molar-refractivity contribution in [1.82, 2.24) is 5.32 Å². The van der Waals surface area contributed by atoms with Crippen molar-refractivity contribution in [2.75, 3.05) is 21.3 Å². The fraction of sp³-hybridized carbons (Fsp3) is 0.250. The molecule has 0 unspecified atom stereocenters. The van der Waals surface area contributed by atoms with E-state index < -0.39 is 0 Å². The van der Waals surface area contributed by atoms with Crippen molar-refractivity contribution in [3.05, 3.63) is 48.0 Å². The third kappa shape index (κ3) is 2.88. The smallest absolute Gasteiger partial charge is 0.130 e. The fourth-order valence-corrected chi connectivity index (χ4v) is 2.13. The number of methoxy groups -OCH3 is 2. The van der Waals surface area contributed by atoms with Crippen LogP contribution < -0.4 is 14.8 Å². The second-order valence-electron chi connectivity index (χ2n) is 4.26. The molecule has 19 heavy (non-hydrogen) atoms. The van der Waals surface area contributed by atoms with E-state index in [9.17, 15) is 0 Å². The first-order valence-electron chi connectivity index (χ1n) is 6.25. The van der Waals surface area contributed by atoms with Gasteiger partial charge >= 0.3 is 0 Å². The van der Waals surface area contributed by atoms with Gasteiger partial charge in [0.05, 0.1) is 19.8 Å². The fourth-order valence-electron chi connectivity index (χ4n) is 2.13. The quantitative estimate of drug-likeness (QED) is 0.893. The van der Waals surface area contributed by atoms with E-state index in [-0.39, 0.29) is 0 Å². The van der Waals surface area contributed by atoms with Crippen LogP contribution in [0.2, 0.25) is 0 Å². The molecule has 3 nitrogen and oxygen atoms in total.